The molecule has 0 aliphatic heterocycles. The minimum Gasteiger partial charge on any atom is -0.326 e. The molecule has 0 spiro atoms. The highest BCUT2D eigenvalue weighted by Crippen LogP contribution is 2.22. The Morgan fingerprint density at radius 2 is 1.88 bits per heavy atom. The van der Waals surface area contributed by atoms with Gasteiger partial charge < -0.3 is 5.32 Å². The Bertz CT molecular complexity index is 851. The van der Waals surface area contributed by atoms with E-state index in [1.54, 1.807) is 31.2 Å². The molecule has 0 bridgehead atoms. The van der Waals surface area contributed by atoms with Gasteiger partial charge >= 0.3 is 0 Å². The van der Waals surface area contributed by atoms with E-state index in [2.05, 4.69) is 10.0 Å². The van der Waals surface area contributed by atoms with Gasteiger partial charge in [-0.15, -0.1) is 0 Å². The largest absolute Gasteiger partial charge is 0.326 e. The number of aryl methyl sites for hydroxylation is 2. The average Bonchev–Trinajstić information content (AvgIpc) is 2.48. The van der Waals surface area contributed by atoms with Gasteiger partial charge in [0.2, 0.25) is 15.9 Å². The van der Waals surface area contributed by atoms with Crippen LogP contribution >= 0.6 is 11.6 Å². The fourth-order valence-electron chi connectivity index (χ4n) is 2.18. The summed E-state index contributed by atoms with van der Waals surface area (Å²) in [5.41, 5.74) is 2.67. The summed E-state index contributed by atoms with van der Waals surface area (Å²) in [4.78, 5) is 12.1. The molecule has 1 amide bonds. The minimum absolute atomic E-state index is 0.163. The number of hydrogen-bond donors (Lipinski definition) is 2. The SMILES string of the molecule is Cc1ccc(NC(=O)CCc2ccccc2Cl)cc1NS(C)(=O)=O. The summed E-state index contributed by atoms with van der Waals surface area (Å²) in [6.07, 6.45) is 1.90. The molecule has 7 heteroatoms. The van der Waals surface area contributed by atoms with Gasteiger partial charge in [-0.2, -0.15) is 0 Å². The fourth-order valence-corrected chi connectivity index (χ4v) is 3.03. The number of halogens is 1. The number of carbonyl (C=O) groups is 1. The zero-order valence-corrected chi connectivity index (χ0v) is 15.0. The Labute approximate surface area is 147 Å². The van der Waals surface area contributed by atoms with Crippen LogP contribution in [0.3, 0.4) is 0 Å². The molecule has 0 aliphatic carbocycles. The number of nitrogens with one attached hydrogen (secondary N) is 2. The highest BCUT2D eigenvalue weighted by molar-refractivity contribution is 7.92. The van der Waals surface area contributed by atoms with Crippen molar-refractivity contribution < 1.29 is 13.2 Å². The van der Waals surface area contributed by atoms with E-state index >= 15 is 0 Å². The van der Waals surface area contributed by atoms with Crippen molar-refractivity contribution in [2.45, 2.75) is 19.8 Å². The highest BCUT2D eigenvalue weighted by Gasteiger charge is 2.09. The van der Waals surface area contributed by atoms with Gasteiger partial charge in [-0.3, -0.25) is 9.52 Å². The van der Waals surface area contributed by atoms with E-state index in [1.165, 1.54) is 0 Å². The molecule has 0 unspecified atom stereocenters. The molecule has 0 radical (unpaired) electrons. The molecule has 128 valence electrons. The Hall–Kier alpha value is -2.05. The van der Waals surface area contributed by atoms with Crippen LogP contribution in [0.4, 0.5) is 11.4 Å². The number of amides is 1. The molecule has 2 aromatic rings. The van der Waals surface area contributed by atoms with Gasteiger partial charge in [0.25, 0.3) is 0 Å². The normalized spacial score (nSPS) is 11.1. The Kier molecular flexibility index (Phi) is 5.85. The van der Waals surface area contributed by atoms with Crippen molar-refractivity contribution in [2.24, 2.45) is 0 Å². The Balaban J connectivity index is 2.01. The molecule has 0 fully saturated rings. The number of sulfonamides is 1. The molecule has 0 saturated heterocycles. The first-order valence-electron chi connectivity index (χ1n) is 7.36. The van der Waals surface area contributed by atoms with E-state index in [1.807, 2.05) is 18.2 Å². The zero-order valence-electron chi connectivity index (χ0n) is 13.5. The van der Waals surface area contributed by atoms with Gasteiger partial charge in [-0.1, -0.05) is 35.9 Å². The smallest absolute Gasteiger partial charge is 0.229 e. The van der Waals surface area contributed by atoms with E-state index in [0.29, 0.717) is 22.8 Å². The monoisotopic (exact) mass is 366 g/mol. The molecule has 2 N–H and O–H groups in total. The van der Waals surface area contributed by atoms with Crippen molar-refractivity contribution in [2.75, 3.05) is 16.3 Å². The lowest BCUT2D eigenvalue weighted by Crippen LogP contribution is -2.14. The standard InChI is InChI=1S/C17H19ClN2O3S/c1-12-7-9-14(11-16(12)20-24(2,22)23)19-17(21)10-8-13-5-3-4-6-15(13)18/h3-7,9,11,20H,8,10H2,1-2H3,(H,19,21). The Morgan fingerprint density at radius 3 is 2.54 bits per heavy atom. The van der Waals surface area contributed by atoms with Gasteiger partial charge in [0.1, 0.15) is 0 Å². The molecule has 0 aromatic heterocycles. The summed E-state index contributed by atoms with van der Waals surface area (Å²) < 4.78 is 25.2. The second kappa shape index (κ2) is 7.68. The van der Waals surface area contributed by atoms with Crippen LogP contribution in [-0.2, 0) is 21.2 Å². The number of carbonyl (C=O) groups excluding carboxylic acids is 1. The lowest BCUT2D eigenvalue weighted by Gasteiger charge is -2.11. The molecule has 24 heavy (non-hydrogen) atoms. The van der Waals surface area contributed by atoms with Gasteiger partial charge in [0, 0.05) is 17.1 Å². The predicted molar refractivity (Wildman–Crippen MR) is 98.0 cm³/mol. The van der Waals surface area contributed by atoms with Gasteiger partial charge in [-0.25, -0.2) is 8.42 Å². The lowest BCUT2D eigenvalue weighted by atomic mass is 10.1. The molecular formula is C17H19ClN2O3S. The molecule has 0 atom stereocenters. The third-order valence-electron chi connectivity index (χ3n) is 3.40. The molecule has 2 aromatic carbocycles. The second-order valence-corrected chi connectivity index (χ2v) is 7.70. The van der Waals surface area contributed by atoms with Crippen LogP contribution < -0.4 is 10.0 Å². The number of benzene rings is 2. The molecule has 0 aliphatic rings. The predicted octanol–water partition coefficient (Wildman–Crippen LogP) is 3.59. The first-order chi connectivity index (χ1) is 11.2. The number of hydrogen-bond acceptors (Lipinski definition) is 3. The summed E-state index contributed by atoms with van der Waals surface area (Å²) in [7, 11) is -3.37. The van der Waals surface area contributed by atoms with Crippen molar-refractivity contribution in [1.29, 1.82) is 0 Å². The summed E-state index contributed by atoms with van der Waals surface area (Å²) in [5.74, 6) is -0.163. The molecule has 2 rings (SSSR count). The zero-order chi connectivity index (χ0) is 17.7. The summed E-state index contributed by atoms with van der Waals surface area (Å²) in [6.45, 7) is 1.79. The van der Waals surface area contributed by atoms with Crippen LogP contribution in [0.15, 0.2) is 42.5 Å². The van der Waals surface area contributed by atoms with Crippen LogP contribution in [0.1, 0.15) is 17.5 Å². The van der Waals surface area contributed by atoms with Crippen LogP contribution in [0, 0.1) is 6.92 Å². The van der Waals surface area contributed by atoms with Gasteiger partial charge in [0.15, 0.2) is 0 Å². The van der Waals surface area contributed by atoms with Crippen molar-refractivity contribution >= 4 is 38.9 Å². The number of rotatable bonds is 6. The van der Waals surface area contributed by atoms with E-state index in [9.17, 15) is 13.2 Å². The summed E-state index contributed by atoms with van der Waals surface area (Å²) in [5, 5.41) is 3.41. The third-order valence-corrected chi connectivity index (χ3v) is 4.36. The van der Waals surface area contributed by atoms with Crippen molar-refractivity contribution in [3.63, 3.8) is 0 Å². The summed E-state index contributed by atoms with van der Waals surface area (Å²) in [6, 6.07) is 12.5. The molecule has 0 heterocycles. The highest BCUT2D eigenvalue weighted by atomic mass is 35.5. The first-order valence-corrected chi connectivity index (χ1v) is 9.63. The molecule has 5 nitrogen and oxygen atoms in total. The first kappa shape index (κ1) is 18.3. The lowest BCUT2D eigenvalue weighted by molar-refractivity contribution is -0.116. The van der Waals surface area contributed by atoms with Crippen LogP contribution in [-0.4, -0.2) is 20.6 Å². The number of anilines is 2. The van der Waals surface area contributed by atoms with Gasteiger partial charge in [0.05, 0.1) is 11.9 Å². The maximum absolute atomic E-state index is 12.1. The van der Waals surface area contributed by atoms with E-state index < -0.39 is 10.0 Å². The van der Waals surface area contributed by atoms with Crippen LogP contribution in [0.25, 0.3) is 0 Å². The second-order valence-electron chi connectivity index (χ2n) is 5.54. The quantitative estimate of drug-likeness (QED) is 0.820. The Morgan fingerprint density at radius 1 is 1.17 bits per heavy atom. The van der Waals surface area contributed by atoms with Crippen molar-refractivity contribution in [1.82, 2.24) is 0 Å². The fraction of sp³-hybridized carbons (Fsp3) is 0.235. The van der Waals surface area contributed by atoms with E-state index in [-0.39, 0.29) is 12.3 Å². The molecular weight excluding hydrogens is 348 g/mol. The van der Waals surface area contributed by atoms with Gasteiger partial charge in [-0.05, 0) is 42.7 Å². The topological polar surface area (TPSA) is 75.3 Å². The minimum atomic E-state index is -3.37. The summed E-state index contributed by atoms with van der Waals surface area (Å²) >= 11 is 6.07. The van der Waals surface area contributed by atoms with Crippen molar-refractivity contribution in [3.05, 3.63) is 58.6 Å². The molecule has 0 saturated carbocycles. The maximum Gasteiger partial charge on any atom is 0.229 e. The third kappa shape index (κ3) is 5.54. The van der Waals surface area contributed by atoms with E-state index in [4.69, 9.17) is 11.6 Å². The van der Waals surface area contributed by atoms with Crippen LogP contribution in [0.5, 0.6) is 0 Å². The average molecular weight is 367 g/mol. The maximum atomic E-state index is 12.1. The van der Waals surface area contributed by atoms with E-state index in [0.717, 1.165) is 17.4 Å². The van der Waals surface area contributed by atoms with Crippen molar-refractivity contribution in [3.8, 4) is 0 Å². The van der Waals surface area contributed by atoms with Crippen LogP contribution in [0.2, 0.25) is 5.02 Å².